The van der Waals surface area contributed by atoms with Crippen LogP contribution >= 0.6 is 0 Å². The fourth-order valence-electron chi connectivity index (χ4n) is 4.75. The van der Waals surface area contributed by atoms with Crippen LogP contribution in [0.1, 0.15) is 45.7 Å². The molecule has 2 aromatic carbocycles. The van der Waals surface area contributed by atoms with Crippen LogP contribution in [0.2, 0.25) is 0 Å². The molecule has 5 rings (SSSR count). The van der Waals surface area contributed by atoms with E-state index >= 15 is 0 Å². The van der Waals surface area contributed by atoms with Crippen molar-refractivity contribution < 1.29 is 13.9 Å². The van der Waals surface area contributed by atoms with Crippen LogP contribution in [-0.4, -0.2) is 34.9 Å². The number of nitrogens with zero attached hydrogens (tertiary/aromatic N) is 2. The minimum Gasteiger partial charge on any atom is -0.480 e. The average molecular weight is 379 g/mol. The van der Waals surface area contributed by atoms with Crippen LogP contribution in [0, 0.1) is 12.7 Å². The third kappa shape index (κ3) is 2.30. The van der Waals surface area contributed by atoms with E-state index in [-0.39, 0.29) is 11.7 Å². The Labute approximate surface area is 162 Å². The summed E-state index contributed by atoms with van der Waals surface area (Å²) in [6.07, 6.45) is 2.85. The van der Waals surface area contributed by atoms with E-state index in [1.165, 1.54) is 6.07 Å². The molecule has 0 saturated carbocycles. The van der Waals surface area contributed by atoms with E-state index in [2.05, 4.69) is 9.97 Å². The number of H-pyrrole nitrogens is 1. The zero-order valence-corrected chi connectivity index (χ0v) is 16.2. The summed E-state index contributed by atoms with van der Waals surface area (Å²) < 4.78 is 21.4. The number of halogens is 1. The fraction of sp³-hybridized carbons (Fsp3) is 0.364. The molecule has 2 heterocycles. The Kier molecular flexibility index (Phi) is 3.57. The normalized spacial score (nSPS) is 20.1. The van der Waals surface area contributed by atoms with Crippen molar-refractivity contribution in [1.29, 1.82) is 0 Å². The van der Waals surface area contributed by atoms with Crippen molar-refractivity contribution in [3.8, 4) is 5.75 Å². The summed E-state index contributed by atoms with van der Waals surface area (Å²) in [6.45, 7) is 1.88. The molecule has 2 aliphatic rings. The first-order valence-corrected chi connectivity index (χ1v) is 9.60. The van der Waals surface area contributed by atoms with Crippen molar-refractivity contribution >= 4 is 16.9 Å². The minimum absolute atomic E-state index is 0.0728. The number of ether oxygens (including phenoxy) is 1. The number of aromatic nitrogens is 2. The first-order valence-electron chi connectivity index (χ1n) is 9.60. The molecule has 1 aliphatic carbocycles. The van der Waals surface area contributed by atoms with E-state index < -0.39 is 5.60 Å². The van der Waals surface area contributed by atoms with Gasteiger partial charge in [-0.15, -0.1) is 0 Å². The lowest BCUT2D eigenvalue weighted by Crippen LogP contribution is -2.36. The van der Waals surface area contributed by atoms with E-state index in [9.17, 15) is 9.18 Å². The zero-order valence-electron chi connectivity index (χ0n) is 16.2. The van der Waals surface area contributed by atoms with Gasteiger partial charge in [-0.25, -0.2) is 9.37 Å². The number of benzene rings is 2. The lowest BCUT2D eigenvalue weighted by molar-refractivity contribution is 0.0425. The first-order chi connectivity index (χ1) is 13.4. The van der Waals surface area contributed by atoms with Crippen LogP contribution in [0.15, 0.2) is 24.3 Å². The summed E-state index contributed by atoms with van der Waals surface area (Å²) in [6, 6.07) is 7.08. The Balaban J connectivity index is 1.73. The second kappa shape index (κ2) is 5.80. The highest BCUT2D eigenvalue weighted by Crippen LogP contribution is 2.50. The summed E-state index contributed by atoms with van der Waals surface area (Å²) >= 11 is 0. The molecule has 3 aromatic rings. The average Bonchev–Trinajstić information content (AvgIpc) is 3.21. The number of imidazole rings is 1. The van der Waals surface area contributed by atoms with Crippen molar-refractivity contribution in [3.05, 3.63) is 58.2 Å². The van der Waals surface area contributed by atoms with Gasteiger partial charge in [0.15, 0.2) is 0 Å². The monoisotopic (exact) mass is 379 g/mol. The quantitative estimate of drug-likeness (QED) is 0.698. The smallest absolute Gasteiger partial charge is 0.253 e. The molecule has 0 bridgehead atoms. The van der Waals surface area contributed by atoms with E-state index in [4.69, 9.17) is 4.74 Å². The Hall–Kier alpha value is -2.89. The number of nitrogens with one attached hydrogen (secondary N) is 1. The number of fused-ring (bicyclic) bond motifs is 5. The minimum atomic E-state index is -0.681. The maximum absolute atomic E-state index is 14.8. The van der Waals surface area contributed by atoms with Crippen molar-refractivity contribution in [3.63, 3.8) is 0 Å². The Morgan fingerprint density at radius 1 is 1.29 bits per heavy atom. The van der Waals surface area contributed by atoms with Crippen molar-refractivity contribution in [2.75, 3.05) is 14.1 Å². The fourth-order valence-corrected chi connectivity index (χ4v) is 4.75. The molecular formula is C22H22FN3O2. The van der Waals surface area contributed by atoms with Gasteiger partial charge in [-0.1, -0.05) is 12.1 Å². The zero-order chi connectivity index (χ0) is 19.6. The number of hydrogen-bond acceptors (Lipinski definition) is 3. The second-order valence-corrected chi connectivity index (χ2v) is 8.02. The molecule has 6 heteroatoms. The molecule has 28 heavy (non-hydrogen) atoms. The van der Waals surface area contributed by atoms with Crippen molar-refractivity contribution in [2.24, 2.45) is 0 Å². The van der Waals surface area contributed by atoms with Gasteiger partial charge in [-0.05, 0) is 50.3 Å². The third-order valence-corrected chi connectivity index (χ3v) is 6.02. The molecule has 1 atom stereocenters. The summed E-state index contributed by atoms with van der Waals surface area (Å²) in [7, 11) is 3.48. The van der Waals surface area contributed by atoms with Crippen LogP contribution in [-0.2, 0) is 18.4 Å². The van der Waals surface area contributed by atoms with Crippen LogP contribution < -0.4 is 4.74 Å². The third-order valence-electron chi connectivity index (χ3n) is 6.02. The Bertz CT molecular complexity index is 1130. The Morgan fingerprint density at radius 3 is 2.86 bits per heavy atom. The number of rotatable bonds is 1. The molecule has 0 radical (unpaired) electrons. The summed E-state index contributed by atoms with van der Waals surface area (Å²) in [5.41, 5.74) is 3.98. The molecule has 0 fully saturated rings. The molecule has 144 valence electrons. The van der Waals surface area contributed by atoms with Crippen LogP contribution in [0.3, 0.4) is 0 Å². The van der Waals surface area contributed by atoms with E-state index in [1.54, 1.807) is 25.1 Å². The molecular weight excluding hydrogens is 357 g/mol. The van der Waals surface area contributed by atoms with E-state index in [1.807, 2.05) is 19.1 Å². The van der Waals surface area contributed by atoms with Crippen LogP contribution in [0.4, 0.5) is 4.39 Å². The SMILES string of the molecule is Cc1nc2cc(C(=O)N(C)C)c3c(c2[nH]1)OC1(CCc2cccc(F)c21)CC3. The predicted molar refractivity (Wildman–Crippen MR) is 104 cm³/mol. The lowest BCUT2D eigenvalue weighted by atomic mass is 9.84. The van der Waals surface area contributed by atoms with Crippen LogP contribution in [0.25, 0.3) is 11.0 Å². The molecule has 1 amide bonds. The van der Waals surface area contributed by atoms with Crippen molar-refractivity contribution in [2.45, 2.75) is 38.2 Å². The first kappa shape index (κ1) is 17.2. The molecule has 0 saturated heterocycles. The summed E-state index contributed by atoms with van der Waals surface area (Å²) in [5.74, 6) is 1.12. The molecule has 1 N–H and O–H groups in total. The van der Waals surface area contributed by atoms with Gasteiger partial charge in [0.05, 0.1) is 5.52 Å². The molecule has 1 aliphatic heterocycles. The number of amides is 1. The van der Waals surface area contributed by atoms with E-state index in [0.717, 1.165) is 35.3 Å². The number of aryl methyl sites for hydroxylation is 2. The number of hydrogen-bond donors (Lipinski definition) is 1. The highest BCUT2D eigenvalue weighted by molar-refractivity contribution is 6.01. The number of carbonyl (C=O) groups is 1. The van der Waals surface area contributed by atoms with Gasteiger partial charge < -0.3 is 14.6 Å². The lowest BCUT2D eigenvalue weighted by Gasteiger charge is -2.37. The maximum atomic E-state index is 14.8. The molecule has 1 spiro atoms. The highest BCUT2D eigenvalue weighted by Gasteiger charge is 2.46. The number of carbonyl (C=O) groups excluding carboxylic acids is 1. The second-order valence-electron chi connectivity index (χ2n) is 8.02. The van der Waals surface area contributed by atoms with Gasteiger partial charge in [-0.3, -0.25) is 4.79 Å². The van der Waals surface area contributed by atoms with Gasteiger partial charge in [0.25, 0.3) is 5.91 Å². The van der Waals surface area contributed by atoms with Crippen LogP contribution in [0.5, 0.6) is 5.75 Å². The van der Waals surface area contributed by atoms with Gasteiger partial charge in [0.2, 0.25) is 0 Å². The standard InChI is InChI=1S/C22H22FN3O2/c1-12-24-17-11-15(21(27)26(2)3)14-8-10-22(28-20(14)19(17)25-12)9-7-13-5-4-6-16(23)18(13)22/h4-6,11H,7-10H2,1-3H3,(H,24,25). The predicted octanol–water partition coefficient (Wildman–Crippen LogP) is 3.88. The maximum Gasteiger partial charge on any atom is 0.253 e. The summed E-state index contributed by atoms with van der Waals surface area (Å²) in [5, 5.41) is 0. The Morgan fingerprint density at radius 2 is 2.07 bits per heavy atom. The molecule has 1 unspecified atom stereocenters. The molecule has 5 nitrogen and oxygen atoms in total. The van der Waals surface area contributed by atoms with Gasteiger partial charge >= 0.3 is 0 Å². The molecule has 1 aromatic heterocycles. The van der Waals surface area contributed by atoms with Gasteiger partial charge in [0, 0.05) is 30.8 Å². The van der Waals surface area contributed by atoms with Gasteiger partial charge in [0.1, 0.15) is 28.5 Å². The largest absolute Gasteiger partial charge is 0.480 e. The van der Waals surface area contributed by atoms with Crippen molar-refractivity contribution in [1.82, 2.24) is 14.9 Å². The summed E-state index contributed by atoms with van der Waals surface area (Å²) in [4.78, 5) is 22.2. The highest BCUT2D eigenvalue weighted by atomic mass is 19.1. The van der Waals surface area contributed by atoms with Gasteiger partial charge in [-0.2, -0.15) is 0 Å². The number of aromatic amines is 1. The van der Waals surface area contributed by atoms with E-state index in [0.29, 0.717) is 35.2 Å². The topological polar surface area (TPSA) is 58.2 Å².